The average molecular weight is 308 g/mol. The molecule has 114 valence electrons. The van der Waals surface area contributed by atoms with Crippen molar-refractivity contribution >= 4 is 34.0 Å². The maximum absolute atomic E-state index is 12.8. The number of rotatable bonds is 1. The van der Waals surface area contributed by atoms with Crippen LogP contribution in [0.25, 0.3) is 10.8 Å². The summed E-state index contributed by atoms with van der Waals surface area (Å²) in [5.41, 5.74) is 0.545. The van der Waals surface area contributed by atoms with Crippen LogP contribution < -0.4 is 9.80 Å². The monoisotopic (exact) mass is 308 g/mol. The van der Waals surface area contributed by atoms with Gasteiger partial charge < -0.3 is 0 Å². The molecule has 22 heavy (non-hydrogen) atoms. The summed E-state index contributed by atoms with van der Waals surface area (Å²) in [5.74, 6) is -1.89. The molecule has 7 heteroatoms. The molecule has 0 fully saturated rings. The normalized spacial score (nSPS) is 14.7. The highest BCUT2D eigenvalue weighted by Crippen LogP contribution is 2.41. The van der Waals surface area contributed by atoms with Crippen molar-refractivity contribution in [2.24, 2.45) is 0 Å². The van der Waals surface area contributed by atoms with E-state index >= 15 is 0 Å². The van der Waals surface area contributed by atoms with Gasteiger partial charge in [0.1, 0.15) is 0 Å². The summed E-state index contributed by atoms with van der Waals surface area (Å²) in [6.07, 6.45) is -4.94. The van der Waals surface area contributed by atoms with Crippen LogP contribution in [0.1, 0.15) is 10.4 Å². The smallest absolute Gasteiger partial charge is 0.296 e. The average Bonchev–Trinajstić information content (AvgIpc) is 2.48. The molecule has 0 aromatic heterocycles. The van der Waals surface area contributed by atoms with E-state index in [4.69, 9.17) is 0 Å². The third kappa shape index (κ3) is 1.85. The van der Waals surface area contributed by atoms with Crippen LogP contribution in [0.2, 0.25) is 0 Å². The van der Waals surface area contributed by atoms with E-state index in [2.05, 4.69) is 0 Å². The van der Waals surface area contributed by atoms with E-state index in [1.54, 1.807) is 6.07 Å². The number of carbonyl (C=O) groups excluding carboxylic acids is 2. The molecule has 0 unspecified atom stereocenters. The first-order chi connectivity index (χ1) is 10.2. The van der Waals surface area contributed by atoms with Crippen LogP contribution in [-0.2, 0) is 0 Å². The summed E-state index contributed by atoms with van der Waals surface area (Å²) in [5, 5.41) is 0.644. The number of Topliss-reactive ketones (excluding diaryl/α,β-unsaturated/α-hetero) is 1. The molecule has 0 spiro atoms. The second-order valence-corrected chi connectivity index (χ2v) is 5.06. The van der Waals surface area contributed by atoms with Crippen molar-refractivity contribution in [3.63, 3.8) is 0 Å². The number of anilines is 2. The van der Waals surface area contributed by atoms with Gasteiger partial charge in [0.2, 0.25) is 0 Å². The summed E-state index contributed by atoms with van der Waals surface area (Å²) in [6, 6.07) is 6.82. The van der Waals surface area contributed by atoms with E-state index in [1.807, 2.05) is 0 Å². The van der Waals surface area contributed by atoms with Crippen LogP contribution in [0.3, 0.4) is 0 Å². The van der Waals surface area contributed by atoms with Gasteiger partial charge in [0.05, 0.1) is 11.4 Å². The Bertz CT molecular complexity index is 796. The fourth-order valence-corrected chi connectivity index (χ4v) is 2.71. The number of ketones is 1. The van der Waals surface area contributed by atoms with Crippen LogP contribution in [-0.4, -0.2) is 32.1 Å². The van der Waals surface area contributed by atoms with Crippen LogP contribution >= 0.6 is 0 Å². The number of urea groups is 1. The van der Waals surface area contributed by atoms with Gasteiger partial charge >= 0.3 is 12.2 Å². The molecule has 0 N–H and O–H groups in total. The van der Waals surface area contributed by atoms with Gasteiger partial charge in [0.25, 0.3) is 5.78 Å². The summed E-state index contributed by atoms with van der Waals surface area (Å²) in [6.45, 7) is 0. The number of hydrogen-bond donors (Lipinski definition) is 0. The SMILES string of the molecule is CN1C(=O)N(C)c2ccc(C(=O)C(F)(F)F)c3cccc1c23. The largest absolute Gasteiger partial charge is 0.454 e. The predicted molar refractivity (Wildman–Crippen MR) is 76.5 cm³/mol. The van der Waals surface area contributed by atoms with E-state index < -0.39 is 17.5 Å². The zero-order chi connectivity index (χ0) is 16.2. The Morgan fingerprint density at radius 3 is 2.18 bits per heavy atom. The van der Waals surface area contributed by atoms with Gasteiger partial charge in [0, 0.05) is 25.0 Å². The Morgan fingerprint density at radius 2 is 1.59 bits per heavy atom. The molecule has 2 aromatic rings. The van der Waals surface area contributed by atoms with Crippen LogP contribution in [0.15, 0.2) is 30.3 Å². The van der Waals surface area contributed by atoms with Crippen molar-refractivity contribution in [3.05, 3.63) is 35.9 Å². The molecule has 0 radical (unpaired) electrons. The van der Waals surface area contributed by atoms with Gasteiger partial charge in [0.15, 0.2) is 0 Å². The Labute approximate surface area is 123 Å². The lowest BCUT2D eigenvalue weighted by Crippen LogP contribution is -2.42. The molecule has 0 bridgehead atoms. The Kier molecular flexibility index (Phi) is 2.91. The predicted octanol–water partition coefficient (Wildman–Crippen LogP) is 3.59. The molecule has 1 heterocycles. The minimum absolute atomic E-state index is 0.184. The van der Waals surface area contributed by atoms with Crippen molar-refractivity contribution in [2.75, 3.05) is 23.9 Å². The maximum atomic E-state index is 12.8. The second-order valence-electron chi connectivity index (χ2n) is 5.06. The number of carbonyl (C=O) groups is 2. The third-order valence-corrected chi connectivity index (χ3v) is 3.80. The Morgan fingerprint density at radius 1 is 1.00 bits per heavy atom. The van der Waals surface area contributed by atoms with Crippen molar-refractivity contribution in [1.29, 1.82) is 0 Å². The lowest BCUT2D eigenvalue weighted by Gasteiger charge is -2.33. The molecule has 0 aliphatic carbocycles. The highest BCUT2D eigenvalue weighted by atomic mass is 19.4. The third-order valence-electron chi connectivity index (χ3n) is 3.80. The highest BCUT2D eigenvalue weighted by Gasteiger charge is 2.41. The standard InChI is InChI=1S/C15H11F3N2O2/c1-19-10-5-3-4-8-9(13(21)15(16,17)18)6-7-11(12(8)10)20(2)14(19)22/h3-7H,1-2H3. The molecule has 2 amide bonds. The molecular formula is C15H11F3N2O2. The molecule has 0 atom stereocenters. The van der Waals surface area contributed by atoms with Gasteiger partial charge in [-0.05, 0) is 23.6 Å². The number of nitrogens with zero attached hydrogens (tertiary/aromatic N) is 2. The van der Waals surface area contributed by atoms with Crippen molar-refractivity contribution in [2.45, 2.75) is 6.18 Å². The van der Waals surface area contributed by atoms with Crippen LogP contribution in [0.5, 0.6) is 0 Å². The minimum atomic E-state index is -4.94. The summed E-state index contributed by atoms with van der Waals surface area (Å²) in [4.78, 5) is 26.4. The number of benzene rings is 2. The molecule has 3 rings (SSSR count). The van der Waals surface area contributed by atoms with E-state index in [-0.39, 0.29) is 11.4 Å². The molecule has 4 nitrogen and oxygen atoms in total. The number of halogens is 3. The molecule has 2 aromatic carbocycles. The zero-order valence-electron chi connectivity index (χ0n) is 11.7. The zero-order valence-corrected chi connectivity index (χ0v) is 11.7. The Hall–Kier alpha value is -2.57. The first-order valence-electron chi connectivity index (χ1n) is 6.42. The van der Waals surface area contributed by atoms with Gasteiger partial charge in [-0.2, -0.15) is 13.2 Å². The minimum Gasteiger partial charge on any atom is -0.296 e. The lowest BCUT2D eigenvalue weighted by atomic mass is 9.96. The molecule has 0 saturated carbocycles. The molecular weight excluding hydrogens is 297 g/mol. The van der Waals surface area contributed by atoms with Crippen molar-refractivity contribution in [3.8, 4) is 0 Å². The van der Waals surface area contributed by atoms with Gasteiger partial charge in [-0.1, -0.05) is 12.1 Å². The summed E-state index contributed by atoms with van der Waals surface area (Å²) < 4.78 is 38.3. The van der Waals surface area contributed by atoms with Gasteiger partial charge in [-0.15, -0.1) is 0 Å². The van der Waals surface area contributed by atoms with Gasteiger partial charge in [-0.25, -0.2) is 4.79 Å². The first kappa shape index (κ1) is 14.4. The van der Waals surface area contributed by atoms with E-state index in [0.717, 1.165) is 6.07 Å². The van der Waals surface area contributed by atoms with Crippen LogP contribution in [0, 0.1) is 0 Å². The van der Waals surface area contributed by atoms with Crippen LogP contribution in [0.4, 0.5) is 29.3 Å². The molecule has 1 aliphatic heterocycles. The van der Waals surface area contributed by atoms with E-state index in [0.29, 0.717) is 16.8 Å². The highest BCUT2D eigenvalue weighted by molar-refractivity contribution is 6.23. The fourth-order valence-electron chi connectivity index (χ4n) is 2.71. The van der Waals surface area contributed by atoms with Gasteiger partial charge in [-0.3, -0.25) is 14.6 Å². The summed E-state index contributed by atoms with van der Waals surface area (Å²) in [7, 11) is 3.07. The van der Waals surface area contributed by atoms with E-state index in [9.17, 15) is 22.8 Å². The van der Waals surface area contributed by atoms with E-state index in [1.165, 1.54) is 42.1 Å². The number of alkyl halides is 3. The Balaban J connectivity index is 2.37. The van der Waals surface area contributed by atoms with Crippen molar-refractivity contribution < 1.29 is 22.8 Å². The fraction of sp³-hybridized carbons (Fsp3) is 0.200. The number of hydrogen-bond acceptors (Lipinski definition) is 2. The first-order valence-corrected chi connectivity index (χ1v) is 6.42. The number of amides is 2. The lowest BCUT2D eigenvalue weighted by molar-refractivity contribution is -0.0884. The topological polar surface area (TPSA) is 40.6 Å². The maximum Gasteiger partial charge on any atom is 0.454 e. The molecule has 1 aliphatic rings. The quantitative estimate of drug-likeness (QED) is 0.755. The second kappa shape index (κ2) is 4.46. The van der Waals surface area contributed by atoms with Crippen molar-refractivity contribution in [1.82, 2.24) is 0 Å². The molecule has 0 saturated heterocycles. The summed E-state index contributed by atoms with van der Waals surface area (Å²) >= 11 is 0.